The first-order chi connectivity index (χ1) is 13.1. The number of benzene rings is 1. The minimum Gasteiger partial charge on any atom is -0.378 e. The molecule has 1 aromatic heterocycles. The van der Waals surface area contributed by atoms with Crippen molar-refractivity contribution in [1.82, 2.24) is 14.8 Å². The Morgan fingerprint density at radius 3 is 2.81 bits per heavy atom. The molecule has 142 valence electrons. The van der Waals surface area contributed by atoms with Crippen LogP contribution >= 0.6 is 0 Å². The van der Waals surface area contributed by atoms with Crippen LogP contribution in [-0.4, -0.2) is 60.5 Å². The van der Waals surface area contributed by atoms with E-state index in [-0.39, 0.29) is 5.91 Å². The Kier molecular flexibility index (Phi) is 5.12. The van der Waals surface area contributed by atoms with Gasteiger partial charge in [0.15, 0.2) is 0 Å². The van der Waals surface area contributed by atoms with Crippen molar-refractivity contribution in [1.29, 1.82) is 0 Å². The number of anilines is 1. The number of hydrogen-bond acceptors (Lipinski definition) is 4. The van der Waals surface area contributed by atoms with Gasteiger partial charge in [0.1, 0.15) is 0 Å². The number of carbonyl (C=O) groups excluding carboxylic acids is 1. The number of fused-ring (bicyclic) bond motifs is 4. The molecule has 0 saturated carbocycles. The van der Waals surface area contributed by atoms with Crippen molar-refractivity contribution >= 4 is 11.6 Å². The Bertz CT molecular complexity index is 792. The number of pyridine rings is 1. The fourth-order valence-corrected chi connectivity index (χ4v) is 4.39. The lowest BCUT2D eigenvalue weighted by molar-refractivity contribution is 0.0585. The first kappa shape index (κ1) is 18.0. The second-order valence-corrected chi connectivity index (χ2v) is 8.05. The summed E-state index contributed by atoms with van der Waals surface area (Å²) in [4.78, 5) is 24.2. The Morgan fingerprint density at radius 2 is 2.04 bits per heavy atom. The van der Waals surface area contributed by atoms with Crippen LogP contribution in [0.25, 0.3) is 0 Å². The number of aromatic nitrogens is 1. The second-order valence-electron chi connectivity index (χ2n) is 8.05. The molecule has 3 aliphatic rings. The van der Waals surface area contributed by atoms with Gasteiger partial charge >= 0.3 is 0 Å². The average Bonchev–Trinajstić information content (AvgIpc) is 2.99. The van der Waals surface area contributed by atoms with E-state index in [2.05, 4.69) is 20.9 Å². The maximum atomic E-state index is 13.3. The van der Waals surface area contributed by atoms with E-state index in [0.717, 1.165) is 43.9 Å². The second kappa shape index (κ2) is 7.69. The third kappa shape index (κ3) is 3.98. The minimum atomic E-state index is 0.177. The molecular weight excluding hydrogens is 336 g/mol. The number of nitrogens with zero attached hydrogens (tertiary/aromatic N) is 4. The van der Waals surface area contributed by atoms with E-state index in [9.17, 15) is 4.79 Å². The zero-order valence-corrected chi connectivity index (χ0v) is 16.2. The molecule has 2 aromatic rings. The first-order valence-corrected chi connectivity index (χ1v) is 9.80. The molecule has 1 aromatic carbocycles. The molecule has 0 spiro atoms. The molecule has 4 heterocycles. The van der Waals surface area contributed by atoms with Gasteiger partial charge in [0.25, 0.3) is 5.91 Å². The van der Waals surface area contributed by atoms with E-state index >= 15 is 0 Å². The molecule has 0 unspecified atom stereocenters. The van der Waals surface area contributed by atoms with E-state index < -0.39 is 0 Å². The van der Waals surface area contributed by atoms with Gasteiger partial charge in [-0.1, -0.05) is 12.1 Å². The summed E-state index contributed by atoms with van der Waals surface area (Å²) in [7, 11) is 4.02. The largest absolute Gasteiger partial charge is 0.378 e. The summed E-state index contributed by atoms with van der Waals surface area (Å²) in [6.07, 6.45) is 6.09. The summed E-state index contributed by atoms with van der Waals surface area (Å²) in [5, 5.41) is 0. The van der Waals surface area contributed by atoms with Crippen LogP contribution in [0.5, 0.6) is 0 Å². The van der Waals surface area contributed by atoms with Gasteiger partial charge < -0.3 is 9.80 Å². The Balaban J connectivity index is 1.50. The van der Waals surface area contributed by atoms with Crippen LogP contribution < -0.4 is 4.90 Å². The van der Waals surface area contributed by atoms with Crippen molar-refractivity contribution in [2.75, 3.05) is 38.6 Å². The van der Waals surface area contributed by atoms with Crippen molar-refractivity contribution in [2.45, 2.75) is 25.4 Å². The van der Waals surface area contributed by atoms with Gasteiger partial charge in [0.2, 0.25) is 0 Å². The number of rotatable bonds is 4. The lowest BCUT2D eigenvalue weighted by Crippen LogP contribution is -2.47. The van der Waals surface area contributed by atoms with Crippen molar-refractivity contribution in [3.8, 4) is 0 Å². The summed E-state index contributed by atoms with van der Waals surface area (Å²) >= 11 is 0. The van der Waals surface area contributed by atoms with Crippen LogP contribution in [-0.2, 0) is 6.54 Å². The highest BCUT2D eigenvalue weighted by molar-refractivity contribution is 5.95. The van der Waals surface area contributed by atoms with Gasteiger partial charge in [0.05, 0.1) is 0 Å². The van der Waals surface area contributed by atoms with Crippen molar-refractivity contribution in [3.63, 3.8) is 0 Å². The molecular formula is C22H28N4O. The van der Waals surface area contributed by atoms with Crippen molar-refractivity contribution < 1.29 is 4.79 Å². The van der Waals surface area contributed by atoms with Gasteiger partial charge in [-0.2, -0.15) is 0 Å². The molecule has 0 radical (unpaired) electrons. The SMILES string of the molecule is CN(C)c1cccc(C(=O)N2C[C@H]3CC[C@@H]2CN(Cc2cccnc2)C3)c1. The predicted octanol–water partition coefficient (Wildman–Crippen LogP) is 2.88. The van der Waals surface area contributed by atoms with E-state index in [1.807, 2.05) is 61.7 Å². The van der Waals surface area contributed by atoms with Gasteiger partial charge in [-0.3, -0.25) is 14.7 Å². The van der Waals surface area contributed by atoms with Crippen LogP contribution in [0.4, 0.5) is 5.69 Å². The van der Waals surface area contributed by atoms with Gasteiger partial charge in [-0.05, 0) is 48.6 Å². The first-order valence-electron chi connectivity index (χ1n) is 9.80. The van der Waals surface area contributed by atoms with E-state index in [1.54, 1.807) is 0 Å². The molecule has 2 bridgehead atoms. The predicted molar refractivity (Wildman–Crippen MR) is 108 cm³/mol. The topological polar surface area (TPSA) is 39.7 Å². The van der Waals surface area contributed by atoms with Crippen LogP contribution in [0.15, 0.2) is 48.8 Å². The summed E-state index contributed by atoms with van der Waals surface area (Å²) in [5.74, 6) is 0.734. The smallest absolute Gasteiger partial charge is 0.254 e. The normalized spacial score (nSPS) is 22.5. The molecule has 0 aliphatic carbocycles. The molecule has 2 atom stereocenters. The van der Waals surface area contributed by atoms with Crippen LogP contribution in [0.2, 0.25) is 0 Å². The maximum absolute atomic E-state index is 13.3. The zero-order chi connectivity index (χ0) is 18.8. The molecule has 3 saturated heterocycles. The monoisotopic (exact) mass is 364 g/mol. The maximum Gasteiger partial charge on any atom is 0.254 e. The molecule has 5 rings (SSSR count). The quantitative estimate of drug-likeness (QED) is 0.836. The van der Waals surface area contributed by atoms with Gasteiger partial charge in [-0.25, -0.2) is 0 Å². The Labute approximate surface area is 161 Å². The standard InChI is InChI=1S/C22H28N4O/c1-24(2)20-7-3-6-19(11-20)22(27)26-15-18-8-9-21(26)16-25(14-18)13-17-5-4-10-23-12-17/h3-7,10-12,18,21H,8-9,13-16H2,1-2H3/t18-,21+/m0/s1. The Morgan fingerprint density at radius 1 is 1.15 bits per heavy atom. The molecule has 1 amide bonds. The summed E-state index contributed by atoms with van der Waals surface area (Å²) in [6, 6.07) is 12.4. The zero-order valence-electron chi connectivity index (χ0n) is 16.2. The van der Waals surface area contributed by atoms with Crippen molar-refractivity contribution in [2.24, 2.45) is 5.92 Å². The lowest BCUT2D eigenvalue weighted by Gasteiger charge is -2.36. The summed E-state index contributed by atoms with van der Waals surface area (Å²) in [6.45, 7) is 3.80. The third-order valence-corrected chi connectivity index (χ3v) is 5.79. The third-order valence-electron chi connectivity index (χ3n) is 5.79. The molecule has 3 fully saturated rings. The molecule has 3 aliphatic heterocycles. The highest BCUT2D eigenvalue weighted by Crippen LogP contribution is 2.30. The van der Waals surface area contributed by atoms with Gasteiger partial charge in [0, 0.05) is 70.0 Å². The summed E-state index contributed by atoms with van der Waals surface area (Å²) < 4.78 is 0. The molecule has 0 N–H and O–H groups in total. The highest BCUT2D eigenvalue weighted by Gasteiger charge is 2.37. The molecule has 27 heavy (non-hydrogen) atoms. The van der Waals surface area contributed by atoms with Crippen LogP contribution in [0.1, 0.15) is 28.8 Å². The van der Waals surface area contributed by atoms with Gasteiger partial charge in [-0.15, -0.1) is 0 Å². The van der Waals surface area contributed by atoms with Crippen LogP contribution in [0.3, 0.4) is 0 Å². The minimum absolute atomic E-state index is 0.177. The Hall–Kier alpha value is -2.40. The van der Waals surface area contributed by atoms with Crippen molar-refractivity contribution in [3.05, 3.63) is 59.9 Å². The molecule has 5 heteroatoms. The molecule has 5 nitrogen and oxygen atoms in total. The van der Waals surface area contributed by atoms with Crippen LogP contribution in [0, 0.1) is 5.92 Å². The average molecular weight is 364 g/mol. The fraction of sp³-hybridized carbons (Fsp3) is 0.455. The number of amides is 1. The lowest BCUT2D eigenvalue weighted by atomic mass is 9.94. The number of piperidine rings is 1. The fourth-order valence-electron chi connectivity index (χ4n) is 4.39. The van der Waals surface area contributed by atoms with E-state index in [4.69, 9.17) is 0 Å². The van der Waals surface area contributed by atoms with E-state index in [1.165, 1.54) is 12.0 Å². The highest BCUT2D eigenvalue weighted by atomic mass is 16.2. The summed E-state index contributed by atoms with van der Waals surface area (Å²) in [5.41, 5.74) is 3.11. The van der Waals surface area contributed by atoms with E-state index in [0.29, 0.717) is 12.0 Å². The number of carbonyl (C=O) groups is 1. The number of hydrogen-bond donors (Lipinski definition) is 0.